The van der Waals surface area contributed by atoms with Crippen LogP contribution >= 0.6 is 0 Å². The quantitative estimate of drug-likeness (QED) is 0.167. The number of hydrogen-bond acceptors (Lipinski definition) is 3. The van der Waals surface area contributed by atoms with E-state index in [9.17, 15) is 0 Å². The molecule has 0 spiro atoms. The molecular formula is C36H29IrN4. The molecule has 0 fully saturated rings. The summed E-state index contributed by atoms with van der Waals surface area (Å²) in [5, 5.41) is 5.20. The van der Waals surface area contributed by atoms with Crippen LogP contribution in [0.2, 0.25) is 0 Å². The van der Waals surface area contributed by atoms with Crippen molar-refractivity contribution in [2.24, 2.45) is 0 Å². The molecule has 41 heavy (non-hydrogen) atoms. The van der Waals surface area contributed by atoms with Gasteiger partial charge in [-0.05, 0) is 48.6 Å². The third-order valence-corrected chi connectivity index (χ3v) is 7.53. The maximum Gasteiger partial charge on any atom is 3.00 e. The first-order chi connectivity index (χ1) is 19.8. The van der Waals surface area contributed by atoms with Gasteiger partial charge in [0.2, 0.25) is 0 Å². The van der Waals surface area contributed by atoms with Crippen LogP contribution in [0.25, 0.3) is 49.4 Å². The Balaban J connectivity index is 0.000000196. The summed E-state index contributed by atoms with van der Waals surface area (Å²) in [5.74, 6) is 0. The van der Waals surface area contributed by atoms with Crippen molar-refractivity contribution in [3.05, 3.63) is 134 Å². The van der Waals surface area contributed by atoms with Crippen molar-refractivity contribution in [3.8, 4) is 11.3 Å². The first kappa shape index (κ1) is 27.0. The number of unbranched alkanes of at least 4 members (excludes halogenated alkanes) is 1. The largest absolute Gasteiger partial charge is 3.00 e. The molecule has 0 radical (unpaired) electrons. The number of fused-ring (bicyclic) bond motifs is 6. The van der Waals surface area contributed by atoms with E-state index in [0.717, 1.165) is 23.5 Å². The van der Waals surface area contributed by atoms with Crippen molar-refractivity contribution in [3.63, 3.8) is 0 Å². The zero-order valence-corrected chi connectivity index (χ0v) is 25.2. The smallest absolute Gasteiger partial charge is 0.508 e. The zero-order valence-electron chi connectivity index (χ0n) is 22.8. The summed E-state index contributed by atoms with van der Waals surface area (Å²) in [4.78, 5) is 8.69. The molecule has 8 rings (SSSR count). The van der Waals surface area contributed by atoms with Crippen LogP contribution in [0.5, 0.6) is 0 Å². The summed E-state index contributed by atoms with van der Waals surface area (Å²) in [7, 11) is 0. The Morgan fingerprint density at radius 3 is 2.41 bits per heavy atom. The Morgan fingerprint density at radius 1 is 0.756 bits per heavy atom. The fourth-order valence-corrected chi connectivity index (χ4v) is 5.68. The van der Waals surface area contributed by atoms with Gasteiger partial charge in [-0.2, -0.15) is 18.8 Å². The van der Waals surface area contributed by atoms with Gasteiger partial charge in [-0.1, -0.05) is 78.5 Å². The Hall–Kier alpha value is -4.18. The van der Waals surface area contributed by atoms with Crippen molar-refractivity contribution in [1.82, 2.24) is 14.3 Å². The van der Waals surface area contributed by atoms with Crippen LogP contribution in [0.1, 0.15) is 19.8 Å². The minimum atomic E-state index is 0. The van der Waals surface area contributed by atoms with Gasteiger partial charge in [-0.3, -0.25) is 0 Å². The summed E-state index contributed by atoms with van der Waals surface area (Å²) >= 11 is 0. The molecule has 0 saturated heterocycles. The summed E-state index contributed by atoms with van der Waals surface area (Å²) in [6.07, 6.45) is 8.50. The summed E-state index contributed by atoms with van der Waals surface area (Å²) in [6.45, 7) is 5.47. The van der Waals surface area contributed by atoms with E-state index >= 15 is 0 Å². The average Bonchev–Trinajstić information content (AvgIpc) is 3.73. The Kier molecular flexibility index (Phi) is 7.73. The molecule has 0 saturated carbocycles. The normalized spacial score (nSPS) is 12.8. The second-order valence-electron chi connectivity index (χ2n) is 10.0. The van der Waals surface area contributed by atoms with Crippen molar-refractivity contribution < 1.29 is 20.1 Å². The van der Waals surface area contributed by atoms with E-state index in [0.29, 0.717) is 0 Å². The molecule has 0 atom stereocenters. The molecule has 0 aliphatic carbocycles. The van der Waals surface area contributed by atoms with Gasteiger partial charge in [-0.25, -0.2) is 0 Å². The fraction of sp³-hybridized carbons (Fsp3) is 0.111. The number of nitrogens with zero attached hydrogens (tertiary/aromatic N) is 4. The number of benzene rings is 4. The van der Waals surface area contributed by atoms with Crippen LogP contribution in [0.15, 0.2) is 116 Å². The third-order valence-electron chi connectivity index (χ3n) is 7.53. The number of anilines is 1. The minimum Gasteiger partial charge on any atom is -0.508 e. The average molecular weight is 710 g/mol. The molecule has 0 bridgehead atoms. The molecule has 3 aromatic heterocycles. The zero-order chi connectivity index (χ0) is 26.9. The Morgan fingerprint density at radius 2 is 1.59 bits per heavy atom. The van der Waals surface area contributed by atoms with Crippen LogP contribution in [0, 0.1) is 18.8 Å². The van der Waals surface area contributed by atoms with Crippen LogP contribution in [0.4, 0.5) is 5.69 Å². The predicted molar refractivity (Wildman–Crippen MR) is 166 cm³/mol. The van der Waals surface area contributed by atoms with Crippen molar-refractivity contribution >= 4 is 43.8 Å². The van der Waals surface area contributed by atoms with Crippen LogP contribution in [-0.4, -0.2) is 20.8 Å². The number of para-hydroxylation sites is 2. The molecule has 7 aromatic rings. The monoisotopic (exact) mass is 710 g/mol. The first-order valence-electron chi connectivity index (χ1n) is 13.9. The second-order valence-corrected chi connectivity index (χ2v) is 10.0. The molecule has 202 valence electrons. The van der Waals surface area contributed by atoms with Gasteiger partial charge in [0.05, 0.1) is 5.52 Å². The molecule has 4 nitrogen and oxygen atoms in total. The predicted octanol–water partition coefficient (Wildman–Crippen LogP) is 8.70. The molecule has 4 aromatic carbocycles. The van der Waals surface area contributed by atoms with E-state index in [1.165, 1.54) is 50.9 Å². The minimum absolute atomic E-state index is 0. The van der Waals surface area contributed by atoms with E-state index in [2.05, 4.69) is 112 Å². The topological polar surface area (TPSA) is 23.8 Å². The van der Waals surface area contributed by atoms with Crippen LogP contribution < -0.4 is 4.90 Å². The van der Waals surface area contributed by atoms with Crippen molar-refractivity contribution in [1.29, 1.82) is 0 Å². The van der Waals surface area contributed by atoms with Gasteiger partial charge in [0, 0.05) is 22.5 Å². The summed E-state index contributed by atoms with van der Waals surface area (Å²) < 4.78 is 2.42. The molecule has 1 aliphatic heterocycles. The molecule has 0 amide bonds. The van der Waals surface area contributed by atoms with Gasteiger partial charge in [0.25, 0.3) is 0 Å². The molecule has 0 unspecified atom stereocenters. The van der Waals surface area contributed by atoms with Gasteiger partial charge < -0.3 is 19.2 Å². The maximum absolute atomic E-state index is 4.22. The molecular weight excluding hydrogens is 681 g/mol. The Labute approximate surface area is 254 Å². The second kappa shape index (κ2) is 11.7. The molecule has 1 aliphatic rings. The number of aromatic nitrogens is 2. The Bertz CT molecular complexity index is 1890. The third kappa shape index (κ3) is 4.86. The van der Waals surface area contributed by atoms with E-state index in [-0.39, 0.29) is 20.1 Å². The van der Waals surface area contributed by atoms with E-state index in [4.69, 9.17) is 0 Å². The maximum atomic E-state index is 4.22. The van der Waals surface area contributed by atoms with E-state index in [1.807, 2.05) is 42.5 Å². The summed E-state index contributed by atoms with van der Waals surface area (Å²) in [6, 6.07) is 39.9. The SMILES string of the molecule is CCCCN1C=CN(c2[c-]ccc3c2c2cccc4c5ccccc5n3c42)[CH-]1.[Ir+3].[c-]1ccccc1-c1ccccn1. The molecule has 4 heterocycles. The van der Waals surface area contributed by atoms with Crippen LogP contribution in [0.3, 0.4) is 0 Å². The molecule has 0 N–H and O–H groups in total. The number of pyridine rings is 1. The molecule has 5 heteroatoms. The van der Waals surface area contributed by atoms with Crippen molar-refractivity contribution in [2.75, 3.05) is 11.4 Å². The van der Waals surface area contributed by atoms with Gasteiger partial charge in [-0.15, -0.1) is 42.0 Å². The van der Waals surface area contributed by atoms with E-state index in [1.54, 1.807) is 6.20 Å². The van der Waals surface area contributed by atoms with Gasteiger partial charge in [0.15, 0.2) is 0 Å². The number of rotatable bonds is 5. The first-order valence-corrected chi connectivity index (χ1v) is 13.9. The van der Waals surface area contributed by atoms with Gasteiger partial charge >= 0.3 is 20.1 Å². The fourth-order valence-electron chi connectivity index (χ4n) is 5.68. The van der Waals surface area contributed by atoms with Gasteiger partial charge in [0.1, 0.15) is 0 Å². The summed E-state index contributed by atoms with van der Waals surface area (Å²) in [5.41, 5.74) is 6.95. The van der Waals surface area contributed by atoms with Crippen molar-refractivity contribution in [2.45, 2.75) is 19.8 Å². The van der Waals surface area contributed by atoms with E-state index < -0.39 is 0 Å². The standard InChI is InChI=1S/C25H21N3.C11H8N.Ir/c1-2-3-14-26-15-16-27(17-26)22-12-7-13-23-24(22)20-10-6-9-19-18-8-4-5-11-21(18)28(23)25(19)20;1-2-6-10(7-3-1)11-8-4-5-9-12-11;/h4-11,13,15-17H,2-3,14H2,1H3;1-6,8-9H;/q-2;-1;+3. The number of hydrogen-bond donors (Lipinski definition) is 0. The van der Waals surface area contributed by atoms with Crippen LogP contribution in [-0.2, 0) is 20.1 Å².